The minimum atomic E-state index is -1.34. The van der Waals surface area contributed by atoms with Gasteiger partial charge >= 0.3 is 5.97 Å². The minimum Gasteiger partial charge on any atom is -0.480 e. The lowest BCUT2D eigenvalue weighted by molar-refractivity contribution is -0.144. The van der Waals surface area contributed by atoms with E-state index in [4.69, 9.17) is 5.73 Å². The van der Waals surface area contributed by atoms with Crippen LogP contribution in [0.1, 0.15) is 44.1 Å². The minimum absolute atomic E-state index is 0.344. The van der Waals surface area contributed by atoms with E-state index in [2.05, 4.69) is 4.90 Å². The monoisotopic (exact) mass is 290 g/mol. The standard InChI is InChI=1S/C17H26N2O2/c1-19(15-11-7-2-3-8-12-15)13-17(18,16(20)21)14-9-5-4-6-10-14/h4-6,9-10,15H,2-3,7-8,11-13,18H2,1H3,(H,20,21). The first-order valence-electron chi connectivity index (χ1n) is 7.82. The van der Waals surface area contributed by atoms with E-state index < -0.39 is 11.5 Å². The SMILES string of the molecule is CN(CC(N)(C(=O)O)c1ccccc1)C1CCCCCC1. The Bertz CT molecular complexity index is 455. The van der Waals surface area contributed by atoms with Crippen molar-refractivity contribution in [3.63, 3.8) is 0 Å². The topological polar surface area (TPSA) is 66.6 Å². The average molecular weight is 290 g/mol. The van der Waals surface area contributed by atoms with Crippen LogP contribution in [-0.2, 0) is 10.3 Å². The largest absolute Gasteiger partial charge is 0.480 e. The quantitative estimate of drug-likeness (QED) is 0.818. The van der Waals surface area contributed by atoms with Crippen LogP contribution in [0.3, 0.4) is 0 Å². The van der Waals surface area contributed by atoms with Gasteiger partial charge in [0.2, 0.25) is 0 Å². The summed E-state index contributed by atoms with van der Waals surface area (Å²) in [5.41, 5.74) is 5.59. The highest BCUT2D eigenvalue weighted by Crippen LogP contribution is 2.25. The third kappa shape index (κ3) is 3.83. The van der Waals surface area contributed by atoms with Crippen LogP contribution in [0.5, 0.6) is 0 Å². The molecule has 2 rings (SSSR count). The number of benzene rings is 1. The lowest BCUT2D eigenvalue weighted by Crippen LogP contribution is -2.54. The highest BCUT2D eigenvalue weighted by molar-refractivity contribution is 5.80. The van der Waals surface area contributed by atoms with Crippen molar-refractivity contribution in [1.29, 1.82) is 0 Å². The Balaban J connectivity index is 2.14. The van der Waals surface area contributed by atoms with Crippen molar-refractivity contribution in [2.75, 3.05) is 13.6 Å². The number of carboxylic acid groups (broad SMARTS) is 1. The van der Waals surface area contributed by atoms with E-state index in [1.54, 1.807) is 12.1 Å². The maximum Gasteiger partial charge on any atom is 0.329 e. The fourth-order valence-electron chi connectivity index (χ4n) is 3.24. The first-order chi connectivity index (χ1) is 10.0. The van der Waals surface area contributed by atoms with E-state index in [-0.39, 0.29) is 0 Å². The normalized spacial score (nSPS) is 20.0. The smallest absolute Gasteiger partial charge is 0.329 e. The van der Waals surface area contributed by atoms with E-state index in [1.165, 1.54) is 25.7 Å². The van der Waals surface area contributed by atoms with Gasteiger partial charge in [0, 0.05) is 12.6 Å². The van der Waals surface area contributed by atoms with Crippen molar-refractivity contribution < 1.29 is 9.90 Å². The molecule has 0 aromatic heterocycles. The lowest BCUT2D eigenvalue weighted by atomic mass is 9.89. The van der Waals surface area contributed by atoms with E-state index >= 15 is 0 Å². The zero-order chi connectivity index (χ0) is 15.3. The second-order valence-corrected chi connectivity index (χ2v) is 6.20. The summed E-state index contributed by atoms with van der Waals surface area (Å²) in [4.78, 5) is 13.9. The van der Waals surface area contributed by atoms with E-state index in [1.807, 2.05) is 25.2 Å². The molecule has 1 atom stereocenters. The van der Waals surface area contributed by atoms with Crippen LogP contribution in [0.15, 0.2) is 30.3 Å². The Morgan fingerprint density at radius 3 is 2.33 bits per heavy atom. The van der Waals surface area contributed by atoms with Gasteiger partial charge in [0.05, 0.1) is 0 Å². The molecule has 116 valence electrons. The number of aliphatic carboxylic acids is 1. The lowest BCUT2D eigenvalue weighted by Gasteiger charge is -2.35. The molecule has 0 aliphatic heterocycles. The molecule has 1 aliphatic rings. The summed E-state index contributed by atoms with van der Waals surface area (Å²) in [6.45, 7) is 0.344. The van der Waals surface area contributed by atoms with Crippen molar-refractivity contribution in [3.8, 4) is 0 Å². The molecule has 0 amide bonds. The maximum atomic E-state index is 11.8. The van der Waals surface area contributed by atoms with Gasteiger partial charge in [-0.05, 0) is 25.5 Å². The van der Waals surface area contributed by atoms with Crippen LogP contribution >= 0.6 is 0 Å². The fraction of sp³-hybridized carbons (Fsp3) is 0.588. The Kier molecular flexibility index (Phi) is 5.37. The fourth-order valence-corrected chi connectivity index (χ4v) is 3.24. The van der Waals surface area contributed by atoms with Gasteiger partial charge in [-0.1, -0.05) is 56.0 Å². The molecule has 1 aliphatic carbocycles. The van der Waals surface area contributed by atoms with Crippen LogP contribution < -0.4 is 5.73 Å². The zero-order valence-corrected chi connectivity index (χ0v) is 12.8. The molecular formula is C17H26N2O2. The Hall–Kier alpha value is -1.39. The van der Waals surface area contributed by atoms with E-state index in [0.29, 0.717) is 18.2 Å². The number of carboxylic acids is 1. The molecule has 0 radical (unpaired) electrons. The van der Waals surface area contributed by atoms with Gasteiger partial charge in [-0.2, -0.15) is 0 Å². The molecule has 0 saturated heterocycles. The van der Waals surface area contributed by atoms with Gasteiger partial charge in [0.25, 0.3) is 0 Å². The summed E-state index contributed by atoms with van der Waals surface area (Å²) < 4.78 is 0. The summed E-state index contributed by atoms with van der Waals surface area (Å²) in [6.07, 6.45) is 7.31. The molecule has 1 saturated carbocycles. The second-order valence-electron chi connectivity index (χ2n) is 6.20. The number of carbonyl (C=O) groups is 1. The predicted octanol–water partition coefficient (Wildman–Crippen LogP) is 2.58. The molecule has 0 heterocycles. The van der Waals surface area contributed by atoms with Crippen molar-refractivity contribution in [2.45, 2.75) is 50.1 Å². The molecule has 21 heavy (non-hydrogen) atoms. The highest BCUT2D eigenvalue weighted by Gasteiger charge is 2.38. The van der Waals surface area contributed by atoms with Crippen molar-refractivity contribution in [3.05, 3.63) is 35.9 Å². The van der Waals surface area contributed by atoms with Gasteiger partial charge in [-0.25, -0.2) is 4.79 Å². The van der Waals surface area contributed by atoms with Gasteiger partial charge in [-0.3, -0.25) is 0 Å². The van der Waals surface area contributed by atoms with E-state index in [0.717, 1.165) is 12.8 Å². The first-order valence-corrected chi connectivity index (χ1v) is 7.82. The highest BCUT2D eigenvalue weighted by atomic mass is 16.4. The molecule has 4 nitrogen and oxygen atoms in total. The number of rotatable bonds is 5. The maximum absolute atomic E-state index is 11.8. The first kappa shape index (κ1) is 16.0. The van der Waals surface area contributed by atoms with Crippen LogP contribution in [-0.4, -0.2) is 35.6 Å². The zero-order valence-electron chi connectivity index (χ0n) is 12.8. The summed E-state index contributed by atoms with van der Waals surface area (Å²) >= 11 is 0. The van der Waals surface area contributed by atoms with Crippen LogP contribution in [0.2, 0.25) is 0 Å². The van der Waals surface area contributed by atoms with Gasteiger partial charge < -0.3 is 15.7 Å². The van der Waals surface area contributed by atoms with Crippen LogP contribution in [0.4, 0.5) is 0 Å². The van der Waals surface area contributed by atoms with Gasteiger partial charge in [0.15, 0.2) is 5.54 Å². The van der Waals surface area contributed by atoms with Crippen LogP contribution in [0, 0.1) is 0 Å². The molecule has 0 spiro atoms. The van der Waals surface area contributed by atoms with Crippen molar-refractivity contribution >= 4 is 5.97 Å². The molecule has 1 unspecified atom stereocenters. The molecule has 0 bridgehead atoms. The third-order valence-corrected chi connectivity index (χ3v) is 4.62. The molecule has 1 aromatic carbocycles. The average Bonchev–Trinajstić information content (AvgIpc) is 2.77. The van der Waals surface area contributed by atoms with Crippen molar-refractivity contribution in [2.24, 2.45) is 5.73 Å². The second kappa shape index (κ2) is 7.05. The Morgan fingerprint density at radius 1 is 1.24 bits per heavy atom. The molecule has 1 fully saturated rings. The predicted molar refractivity (Wildman–Crippen MR) is 84.1 cm³/mol. The summed E-state index contributed by atoms with van der Waals surface area (Å²) in [5.74, 6) is -0.964. The van der Waals surface area contributed by atoms with Gasteiger partial charge in [0.1, 0.15) is 0 Å². The number of nitrogens with zero attached hydrogens (tertiary/aromatic N) is 1. The molecular weight excluding hydrogens is 264 g/mol. The van der Waals surface area contributed by atoms with Crippen LogP contribution in [0.25, 0.3) is 0 Å². The number of hydrogen-bond donors (Lipinski definition) is 2. The summed E-state index contributed by atoms with van der Waals surface area (Å²) in [7, 11) is 2.00. The third-order valence-electron chi connectivity index (χ3n) is 4.62. The van der Waals surface area contributed by atoms with Crippen molar-refractivity contribution in [1.82, 2.24) is 4.90 Å². The number of hydrogen-bond acceptors (Lipinski definition) is 3. The summed E-state index contributed by atoms with van der Waals surface area (Å²) in [6, 6.07) is 9.60. The number of likely N-dealkylation sites (N-methyl/N-ethyl adjacent to an activating group) is 1. The molecule has 4 heteroatoms. The van der Waals surface area contributed by atoms with E-state index in [9.17, 15) is 9.90 Å². The molecule has 1 aromatic rings. The van der Waals surface area contributed by atoms with Gasteiger partial charge in [-0.15, -0.1) is 0 Å². The summed E-state index contributed by atoms with van der Waals surface area (Å²) in [5, 5.41) is 9.64. The number of nitrogens with two attached hydrogens (primary N) is 1. The molecule has 3 N–H and O–H groups in total. The Morgan fingerprint density at radius 2 is 1.81 bits per heavy atom. The Labute approximate surface area is 126 Å².